The monoisotopic (exact) mass is 901 g/mol. The van der Waals surface area contributed by atoms with Crippen LogP contribution >= 0.6 is 11.3 Å². The number of aliphatic carboxylic acids is 4. The summed E-state index contributed by atoms with van der Waals surface area (Å²) in [5, 5.41) is 44.9. The molecule has 0 fully saturated rings. The standard InChI is InChI=1S/C21H25N5O6.C21H22N4O6S/c22-21-25-17-14(19(30)26-21)9-12(10-23-17)2-1-11-3-5-13(6-4-11)18(29)24-15(20(31)32)7-8-16(27)28;1-11-22-14-4-3-12(9-13(14)19(28)23-11)10-25(2)17-7-6-16(32-17)20(29)24-15(21(30)31)5-8-18(26)27/h3-6,12,15H,1-2,7-10H2,(H,24,29)(H,27,28)(H,31,32)(H4,22,23,25,26,30);3-4,6-7,9,15H,5,8,10H2,1-2H3,(H,24,29)(H,26,27)(H,30,31)(H,22,23,28)/t12-,15?;/m1./s1. The van der Waals surface area contributed by atoms with Crippen molar-refractivity contribution in [3.63, 3.8) is 0 Å². The minimum Gasteiger partial charge on any atom is -0.481 e. The predicted molar refractivity (Wildman–Crippen MR) is 235 cm³/mol. The fourth-order valence-corrected chi connectivity index (χ4v) is 7.65. The number of benzene rings is 2. The van der Waals surface area contributed by atoms with Gasteiger partial charge in [-0.1, -0.05) is 18.2 Å². The van der Waals surface area contributed by atoms with E-state index < -0.39 is 47.8 Å². The third-order valence-corrected chi connectivity index (χ3v) is 11.3. The van der Waals surface area contributed by atoms with Crippen molar-refractivity contribution in [3.8, 4) is 0 Å². The summed E-state index contributed by atoms with van der Waals surface area (Å²) >= 11 is 1.18. The maximum Gasteiger partial charge on any atom is 0.326 e. The Morgan fingerprint density at radius 3 is 2.08 bits per heavy atom. The largest absolute Gasteiger partial charge is 0.481 e. The van der Waals surface area contributed by atoms with Crippen LogP contribution in [-0.2, 0) is 38.6 Å². The summed E-state index contributed by atoms with van der Waals surface area (Å²) in [6, 6.07) is 13.0. The molecule has 2 amide bonds. The molecule has 21 nitrogen and oxygen atoms in total. The Hall–Kier alpha value is -7.62. The highest BCUT2D eigenvalue weighted by Gasteiger charge is 2.25. The number of rotatable bonds is 18. The summed E-state index contributed by atoms with van der Waals surface area (Å²) in [6.07, 6.45) is 1.03. The minimum atomic E-state index is -1.29. The zero-order chi connectivity index (χ0) is 46.7. The van der Waals surface area contributed by atoms with E-state index in [0.29, 0.717) is 58.1 Å². The lowest BCUT2D eigenvalue weighted by molar-refractivity contribution is -0.142. The van der Waals surface area contributed by atoms with Crippen LogP contribution in [0.4, 0.5) is 16.8 Å². The van der Waals surface area contributed by atoms with E-state index in [1.165, 1.54) is 11.3 Å². The van der Waals surface area contributed by atoms with Crippen LogP contribution in [0.1, 0.15) is 74.6 Å². The lowest BCUT2D eigenvalue weighted by Gasteiger charge is -2.24. The number of carboxylic acid groups (broad SMARTS) is 4. The average molecular weight is 902 g/mol. The zero-order valence-corrected chi connectivity index (χ0v) is 35.5. The van der Waals surface area contributed by atoms with Gasteiger partial charge in [-0.3, -0.25) is 33.8 Å². The van der Waals surface area contributed by atoms with Gasteiger partial charge in [-0.05, 0) is 92.5 Å². The second kappa shape index (κ2) is 21.4. The Kier molecular flexibility index (Phi) is 15.9. The van der Waals surface area contributed by atoms with Crippen molar-refractivity contribution in [1.82, 2.24) is 30.6 Å². The molecule has 0 saturated heterocycles. The number of nitrogen functional groups attached to an aromatic ring is 1. The van der Waals surface area contributed by atoms with Gasteiger partial charge in [0, 0.05) is 38.5 Å². The molecule has 6 rings (SSSR count). The van der Waals surface area contributed by atoms with Gasteiger partial charge < -0.3 is 52.0 Å². The summed E-state index contributed by atoms with van der Waals surface area (Å²) in [4.78, 5) is 109. The van der Waals surface area contributed by atoms with E-state index in [0.717, 1.165) is 29.0 Å². The predicted octanol–water partition coefficient (Wildman–Crippen LogP) is 2.59. The fraction of sp³-hybridized carbons (Fsp3) is 0.333. The number of hydrogen-bond acceptors (Lipinski definition) is 14. The third-order valence-electron chi connectivity index (χ3n) is 10.1. The number of hydrogen-bond donors (Lipinski definition) is 10. The summed E-state index contributed by atoms with van der Waals surface area (Å²) in [5.41, 5.74) is 8.51. The first-order chi connectivity index (χ1) is 30.4. The second-order valence-electron chi connectivity index (χ2n) is 15.1. The Morgan fingerprint density at radius 2 is 1.45 bits per heavy atom. The molecular formula is C42H47N9O12S. The Morgan fingerprint density at radius 1 is 0.828 bits per heavy atom. The Balaban J connectivity index is 0.000000241. The van der Waals surface area contributed by atoms with Crippen LogP contribution in [0, 0.1) is 12.8 Å². The maximum atomic E-state index is 12.4. The average Bonchev–Trinajstić information content (AvgIpc) is 3.74. The van der Waals surface area contributed by atoms with Gasteiger partial charge in [-0.15, -0.1) is 11.3 Å². The Bertz CT molecular complexity index is 2660. The quantitative estimate of drug-likeness (QED) is 0.0604. The van der Waals surface area contributed by atoms with Crippen LogP contribution in [-0.4, -0.2) is 102 Å². The number of aromatic nitrogens is 4. The number of nitrogens with zero attached hydrogens (tertiary/aromatic N) is 3. The molecule has 0 spiro atoms. The van der Waals surface area contributed by atoms with Gasteiger partial charge in [0.1, 0.15) is 23.7 Å². The van der Waals surface area contributed by atoms with Gasteiger partial charge in [0.25, 0.3) is 22.9 Å². The van der Waals surface area contributed by atoms with E-state index in [4.69, 9.17) is 21.1 Å². The van der Waals surface area contributed by atoms with Crippen LogP contribution in [0.2, 0.25) is 0 Å². The molecule has 3 aromatic heterocycles. The van der Waals surface area contributed by atoms with Crippen LogP contribution in [0.25, 0.3) is 10.9 Å². The number of fused-ring (bicyclic) bond motifs is 2. The second-order valence-corrected chi connectivity index (χ2v) is 16.1. The number of aryl methyl sites for hydroxylation is 2. The molecule has 2 unspecified atom stereocenters. The molecule has 2 aromatic carbocycles. The summed E-state index contributed by atoms with van der Waals surface area (Å²) < 4.78 is 0. The maximum absolute atomic E-state index is 12.4. The van der Waals surface area contributed by atoms with Crippen molar-refractivity contribution in [2.75, 3.05) is 29.5 Å². The van der Waals surface area contributed by atoms with Gasteiger partial charge in [0.2, 0.25) is 5.95 Å². The van der Waals surface area contributed by atoms with E-state index in [2.05, 4.69) is 35.9 Å². The molecule has 11 N–H and O–H groups in total. The molecule has 3 atom stereocenters. The number of carboxylic acids is 4. The molecule has 338 valence electrons. The summed E-state index contributed by atoms with van der Waals surface area (Å²) in [7, 11) is 1.84. The molecular weight excluding hydrogens is 855 g/mol. The van der Waals surface area contributed by atoms with Crippen LogP contribution in [0.3, 0.4) is 0 Å². The third kappa shape index (κ3) is 13.2. The molecule has 5 aromatic rings. The van der Waals surface area contributed by atoms with Crippen molar-refractivity contribution < 1.29 is 49.2 Å². The first-order valence-electron chi connectivity index (χ1n) is 19.9. The van der Waals surface area contributed by atoms with Crippen LogP contribution < -0.4 is 37.7 Å². The fourth-order valence-electron chi connectivity index (χ4n) is 6.78. The highest BCUT2D eigenvalue weighted by molar-refractivity contribution is 7.18. The number of carbonyl (C=O) groups is 6. The van der Waals surface area contributed by atoms with Crippen molar-refractivity contribution in [2.24, 2.45) is 5.92 Å². The lowest BCUT2D eigenvalue weighted by Crippen LogP contribution is -2.41. The van der Waals surface area contributed by atoms with Crippen molar-refractivity contribution in [2.45, 2.75) is 70.5 Å². The van der Waals surface area contributed by atoms with Gasteiger partial charge in [-0.25, -0.2) is 14.6 Å². The number of amides is 2. The first-order valence-corrected chi connectivity index (χ1v) is 20.7. The van der Waals surface area contributed by atoms with E-state index in [9.17, 15) is 43.5 Å². The van der Waals surface area contributed by atoms with Crippen molar-refractivity contribution in [1.29, 1.82) is 0 Å². The van der Waals surface area contributed by atoms with E-state index in [1.54, 1.807) is 55.5 Å². The zero-order valence-electron chi connectivity index (χ0n) is 34.7. The normalized spacial score (nSPS) is 13.8. The van der Waals surface area contributed by atoms with Crippen LogP contribution in [0.15, 0.2) is 64.2 Å². The highest BCUT2D eigenvalue weighted by Crippen LogP contribution is 2.27. The molecule has 64 heavy (non-hydrogen) atoms. The topological polar surface area (TPSA) is 340 Å². The molecule has 22 heteroatoms. The molecule has 0 aliphatic carbocycles. The minimum absolute atomic E-state index is 0.0837. The summed E-state index contributed by atoms with van der Waals surface area (Å²) in [6.45, 7) is 2.87. The van der Waals surface area contributed by atoms with Gasteiger partial charge >= 0.3 is 23.9 Å². The number of thiophene rings is 1. The number of carbonyl (C=O) groups excluding carboxylic acids is 2. The van der Waals surface area contributed by atoms with Crippen LogP contribution in [0.5, 0.6) is 0 Å². The number of anilines is 3. The van der Waals surface area contributed by atoms with Gasteiger partial charge in [0.05, 0.1) is 26.3 Å². The highest BCUT2D eigenvalue weighted by atomic mass is 32.1. The summed E-state index contributed by atoms with van der Waals surface area (Å²) in [5.74, 6) is -4.59. The Labute approximate surface area is 367 Å². The molecule has 1 aliphatic heterocycles. The van der Waals surface area contributed by atoms with E-state index in [-0.39, 0.29) is 48.7 Å². The molecule has 0 bridgehead atoms. The van der Waals surface area contributed by atoms with E-state index >= 15 is 0 Å². The number of nitrogens with two attached hydrogens (primary N) is 1. The SMILES string of the molecule is Cc1nc2ccc(CN(C)c3ccc(C(=O)NC(CCC(=O)O)C(=O)O)s3)cc2c(=O)[nH]1.Nc1nc2c(c(=O)[nH]1)C[C@@H](CCc1ccc(C(=O)NC(CCC(=O)O)C(=O)O)cc1)CN2. The smallest absolute Gasteiger partial charge is 0.326 e. The molecule has 1 aliphatic rings. The molecule has 0 radical (unpaired) electrons. The van der Waals surface area contributed by atoms with Crippen molar-refractivity contribution >= 4 is 74.7 Å². The first kappa shape index (κ1) is 47.4. The van der Waals surface area contributed by atoms with E-state index in [1.807, 2.05) is 18.0 Å². The molecule has 0 saturated carbocycles. The molecule has 4 heterocycles. The number of aromatic amines is 2. The van der Waals surface area contributed by atoms with Crippen molar-refractivity contribution in [3.05, 3.63) is 108 Å². The van der Waals surface area contributed by atoms with Gasteiger partial charge in [0.15, 0.2) is 0 Å². The number of H-pyrrole nitrogens is 2. The lowest BCUT2D eigenvalue weighted by atomic mass is 9.91. The number of nitrogens with one attached hydrogen (secondary N) is 5. The van der Waals surface area contributed by atoms with Gasteiger partial charge in [-0.2, -0.15) is 4.98 Å².